The molecule has 1 aliphatic rings. The fraction of sp³-hybridized carbons (Fsp3) is 0.421. The van der Waals surface area contributed by atoms with E-state index >= 15 is 0 Å². The molecule has 3 aromatic rings. The van der Waals surface area contributed by atoms with Crippen molar-refractivity contribution >= 4 is 32.6 Å². The summed E-state index contributed by atoms with van der Waals surface area (Å²) in [5.74, 6) is -1.29. The highest BCUT2D eigenvalue weighted by atomic mass is 32.1. The van der Waals surface area contributed by atoms with Crippen molar-refractivity contribution in [3.05, 3.63) is 41.2 Å². The molecule has 0 spiro atoms. The number of hydrogen-bond acceptors (Lipinski definition) is 5. The van der Waals surface area contributed by atoms with E-state index in [4.69, 9.17) is 0 Å². The molecule has 0 saturated carbocycles. The van der Waals surface area contributed by atoms with Crippen molar-refractivity contribution < 1.29 is 13.6 Å². The lowest BCUT2D eigenvalue weighted by atomic mass is 10.2. The highest BCUT2D eigenvalue weighted by Gasteiger charge is 2.27. The highest BCUT2D eigenvalue weighted by molar-refractivity contribution is 7.22. The van der Waals surface area contributed by atoms with Crippen molar-refractivity contribution in [3.8, 4) is 0 Å². The minimum atomic E-state index is -0.649. The summed E-state index contributed by atoms with van der Waals surface area (Å²) in [6.45, 7) is 8.12. The fourth-order valence-corrected chi connectivity index (χ4v) is 4.47. The number of thiazole rings is 1. The highest BCUT2D eigenvalue weighted by Crippen LogP contribution is 2.31. The normalized spacial score (nSPS) is 15.1. The van der Waals surface area contributed by atoms with Crippen LogP contribution in [0.3, 0.4) is 0 Å². The van der Waals surface area contributed by atoms with E-state index in [9.17, 15) is 13.6 Å². The molecular formula is C19H21F2N5OS. The van der Waals surface area contributed by atoms with Gasteiger partial charge in [0.25, 0.3) is 5.91 Å². The quantitative estimate of drug-likeness (QED) is 0.668. The molecule has 28 heavy (non-hydrogen) atoms. The third kappa shape index (κ3) is 3.34. The SMILES string of the molecule is Cc1cc(C(=O)N2CCN(c3nc4c(F)cc(F)cc4s3)CC2)n(C(C)C)n1. The Balaban J connectivity index is 1.49. The third-order valence-electron chi connectivity index (χ3n) is 4.81. The van der Waals surface area contributed by atoms with Crippen molar-refractivity contribution in [2.24, 2.45) is 0 Å². The first kappa shape index (κ1) is 18.8. The number of halogens is 2. The van der Waals surface area contributed by atoms with Crippen LogP contribution in [0.5, 0.6) is 0 Å². The van der Waals surface area contributed by atoms with Crippen molar-refractivity contribution in [2.45, 2.75) is 26.8 Å². The summed E-state index contributed by atoms with van der Waals surface area (Å²) >= 11 is 1.27. The van der Waals surface area contributed by atoms with Gasteiger partial charge < -0.3 is 9.80 Å². The van der Waals surface area contributed by atoms with Gasteiger partial charge in [-0.15, -0.1) is 0 Å². The molecule has 1 fully saturated rings. The van der Waals surface area contributed by atoms with Crippen LogP contribution in [0.1, 0.15) is 36.1 Å². The molecule has 1 saturated heterocycles. The van der Waals surface area contributed by atoms with E-state index in [1.165, 1.54) is 17.4 Å². The van der Waals surface area contributed by atoms with Gasteiger partial charge in [0.15, 0.2) is 10.9 Å². The first-order chi connectivity index (χ1) is 13.3. The second-order valence-electron chi connectivity index (χ2n) is 7.22. The zero-order chi connectivity index (χ0) is 20.0. The van der Waals surface area contributed by atoms with Gasteiger partial charge in [-0.1, -0.05) is 11.3 Å². The molecule has 4 rings (SSSR count). The second kappa shape index (κ2) is 7.12. The largest absolute Gasteiger partial charge is 0.345 e. The van der Waals surface area contributed by atoms with Crippen LogP contribution in [-0.4, -0.2) is 51.8 Å². The average molecular weight is 405 g/mol. The molecule has 9 heteroatoms. The molecule has 0 atom stereocenters. The lowest BCUT2D eigenvalue weighted by Crippen LogP contribution is -2.49. The van der Waals surface area contributed by atoms with E-state index < -0.39 is 11.6 Å². The van der Waals surface area contributed by atoms with Crippen molar-refractivity contribution in [1.82, 2.24) is 19.7 Å². The van der Waals surface area contributed by atoms with Crippen molar-refractivity contribution in [3.63, 3.8) is 0 Å². The summed E-state index contributed by atoms with van der Waals surface area (Å²) in [5, 5.41) is 5.06. The molecule has 0 bridgehead atoms. The number of fused-ring (bicyclic) bond motifs is 1. The molecule has 0 aliphatic carbocycles. The number of anilines is 1. The Kier molecular flexibility index (Phi) is 4.78. The number of aromatic nitrogens is 3. The number of benzene rings is 1. The smallest absolute Gasteiger partial charge is 0.272 e. The molecular weight excluding hydrogens is 384 g/mol. The molecule has 0 unspecified atom stereocenters. The van der Waals surface area contributed by atoms with Gasteiger partial charge in [0, 0.05) is 38.3 Å². The molecule has 0 radical (unpaired) electrons. The summed E-state index contributed by atoms with van der Waals surface area (Å²) in [7, 11) is 0. The number of carbonyl (C=O) groups excluding carboxylic acids is 1. The number of carbonyl (C=O) groups is 1. The Morgan fingerprint density at radius 3 is 2.54 bits per heavy atom. The Morgan fingerprint density at radius 1 is 1.14 bits per heavy atom. The molecule has 148 valence electrons. The van der Waals surface area contributed by atoms with E-state index in [-0.39, 0.29) is 17.5 Å². The van der Waals surface area contributed by atoms with Gasteiger partial charge in [-0.2, -0.15) is 5.10 Å². The maximum atomic E-state index is 13.9. The molecule has 1 aromatic carbocycles. The minimum absolute atomic E-state index is 0.0358. The summed E-state index contributed by atoms with van der Waals surface area (Å²) in [5.41, 5.74) is 1.61. The van der Waals surface area contributed by atoms with E-state index in [2.05, 4.69) is 10.1 Å². The standard InChI is InChI=1S/C19H21F2N5OS/c1-11(2)26-15(8-12(3)23-26)18(27)24-4-6-25(7-5-24)19-22-17-14(21)9-13(20)10-16(17)28-19/h8-11H,4-7H2,1-3H3. The Morgan fingerprint density at radius 2 is 1.86 bits per heavy atom. The lowest BCUT2D eigenvalue weighted by molar-refractivity contribution is 0.0732. The first-order valence-electron chi connectivity index (χ1n) is 9.19. The lowest BCUT2D eigenvalue weighted by Gasteiger charge is -2.34. The number of nitrogens with zero attached hydrogens (tertiary/aromatic N) is 5. The predicted octanol–water partition coefficient (Wildman–Crippen LogP) is 3.62. The van der Waals surface area contributed by atoms with E-state index in [1.54, 1.807) is 9.58 Å². The van der Waals surface area contributed by atoms with Crippen LogP contribution in [-0.2, 0) is 0 Å². The van der Waals surface area contributed by atoms with E-state index in [1.807, 2.05) is 31.7 Å². The zero-order valence-corrected chi connectivity index (χ0v) is 16.8. The van der Waals surface area contributed by atoms with Gasteiger partial charge in [-0.3, -0.25) is 9.48 Å². The number of piperazine rings is 1. The second-order valence-corrected chi connectivity index (χ2v) is 8.23. The van der Waals surface area contributed by atoms with Gasteiger partial charge in [0.05, 0.1) is 10.4 Å². The molecule has 0 N–H and O–H groups in total. The summed E-state index contributed by atoms with van der Waals surface area (Å²) in [6, 6.07) is 4.07. The molecule has 1 aliphatic heterocycles. The molecule has 3 heterocycles. The van der Waals surface area contributed by atoms with Gasteiger partial charge >= 0.3 is 0 Å². The molecule has 6 nitrogen and oxygen atoms in total. The van der Waals surface area contributed by atoms with Crippen LogP contribution in [0.4, 0.5) is 13.9 Å². The van der Waals surface area contributed by atoms with Crippen LogP contribution in [0.2, 0.25) is 0 Å². The Hall–Kier alpha value is -2.55. The van der Waals surface area contributed by atoms with Gasteiger partial charge in [0.1, 0.15) is 17.0 Å². The Bertz CT molecular complexity index is 1040. The van der Waals surface area contributed by atoms with Gasteiger partial charge in [0.2, 0.25) is 0 Å². The van der Waals surface area contributed by atoms with Crippen LogP contribution < -0.4 is 4.90 Å². The first-order valence-corrected chi connectivity index (χ1v) is 10.0. The van der Waals surface area contributed by atoms with Crippen LogP contribution >= 0.6 is 11.3 Å². The Labute approximate surface area is 165 Å². The maximum Gasteiger partial charge on any atom is 0.272 e. The minimum Gasteiger partial charge on any atom is -0.345 e. The number of aryl methyl sites for hydroxylation is 1. The van der Waals surface area contributed by atoms with E-state index in [0.717, 1.165) is 11.8 Å². The number of hydrogen-bond donors (Lipinski definition) is 0. The van der Waals surface area contributed by atoms with Crippen LogP contribution in [0.15, 0.2) is 18.2 Å². The third-order valence-corrected chi connectivity index (χ3v) is 5.87. The topological polar surface area (TPSA) is 54.3 Å². The molecule has 2 aromatic heterocycles. The summed E-state index contributed by atoms with van der Waals surface area (Å²) in [6.07, 6.45) is 0. The van der Waals surface area contributed by atoms with Crippen molar-refractivity contribution in [1.29, 1.82) is 0 Å². The van der Waals surface area contributed by atoms with Crippen molar-refractivity contribution in [2.75, 3.05) is 31.1 Å². The van der Waals surface area contributed by atoms with Crippen LogP contribution in [0.25, 0.3) is 10.2 Å². The maximum absolute atomic E-state index is 13.9. The monoisotopic (exact) mass is 405 g/mol. The van der Waals surface area contributed by atoms with Crippen LogP contribution in [0, 0.1) is 18.6 Å². The van der Waals surface area contributed by atoms with Gasteiger partial charge in [-0.25, -0.2) is 13.8 Å². The fourth-order valence-electron chi connectivity index (χ4n) is 3.41. The van der Waals surface area contributed by atoms with E-state index in [0.29, 0.717) is 41.7 Å². The summed E-state index contributed by atoms with van der Waals surface area (Å²) < 4.78 is 29.6. The van der Waals surface area contributed by atoms with Gasteiger partial charge in [-0.05, 0) is 32.9 Å². The summed E-state index contributed by atoms with van der Waals surface area (Å²) in [4.78, 5) is 21.1. The number of rotatable bonds is 3. The average Bonchev–Trinajstić information content (AvgIpc) is 3.25. The molecule has 1 amide bonds. The number of amides is 1. The predicted molar refractivity (Wildman–Crippen MR) is 105 cm³/mol. The zero-order valence-electron chi connectivity index (χ0n) is 15.9.